The molecular formula is C21H25Cl2N2O6P. The van der Waals surface area contributed by atoms with Crippen molar-refractivity contribution in [2.75, 3.05) is 26.5 Å². The lowest BCUT2D eigenvalue weighted by Gasteiger charge is -2.15. The number of benzene rings is 2. The molecule has 0 heterocycles. The Labute approximate surface area is 197 Å². The Kier molecular flexibility index (Phi) is 10.5. The van der Waals surface area contributed by atoms with E-state index in [4.69, 9.17) is 41.7 Å². The summed E-state index contributed by atoms with van der Waals surface area (Å²) in [5, 5.41) is 4.82. The fourth-order valence-corrected chi connectivity index (χ4v) is 4.58. The molecule has 2 aromatic rings. The van der Waals surface area contributed by atoms with Gasteiger partial charge in [-0.2, -0.15) is 5.10 Å². The Bertz CT molecular complexity index is 992. The van der Waals surface area contributed by atoms with Crippen LogP contribution in [0.2, 0.25) is 10.0 Å². The van der Waals surface area contributed by atoms with Crippen molar-refractivity contribution in [3.05, 3.63) is 57.6 Å². The number of hydrazone groups is 1. The van der Waals surface area contributed by atoms with Gasteiger partial charge in [-0.05, 0) is 55.8 Å². The van der Waals surface area contributed by atoms with Gasteiger partial charge in [0, 0.05) is 10.6 Å². The molecular weight excluding hydrogens is 478 g/mol. The highest BCUT2D eigenvalue weighted by atomic mass is 35.5. The van der Waals surface area contributed by atoms with Crippen molar-refractivity contribution in [2.45, 2.75) is 20.5 Å². The van der Waals surface area contributed by atoms with Gasteiger partial charge in [0.05, 0.1) is 31.6 Å². The summed E-state index contributed by atoms with van der Waals surface area (Å²) in [7, 11) is -1.94. The number of hydrogen-bond acceptors (Lipinski definition) is 7. The first-order valence-corrected chi connectivity index (χ1v) is 12.2. The van der Waals surface area contributed by atoms with E-state index in [0.29, 0.717) is 27.1 Å². The maximum absolute atomic E-state index is 12.4. The molecule has 1 amide bonds. The van der Waals surface area contributed by atoms with E-state index in [1.807, 2.05) is 0 Å². The maximum Gasteiger partial charge on any atom is 0.340 e. The average Bonchev–Trinajstić information content (AvgIpc) is 2.73. The van der Waals surface area contributed by atoms with Crippen molar-refractivity contribution >= 4 is 42.9 Å². The fraction of sp³-hybridized carbons (Fsp3) is 0.333. The molecule has 0 bridgehead atoms. The van der Waals surface area contributed by atoms with Crippen LogP contribution in [0.25, 0.3) is 0 Å². The minimum Gasteiger partial charge on any atom is -0.496 e. The molecule has 2 aromatic carbocycles. The molecule has 0 saturated heterocycles. The Morgan fingerprint density at radius 1 is 1.09 bits per heavy atom. The van der Waals surface area contributed by atoms with E-state index in [1.54, 1.807) is 57.4 Å². The van der Waals surface area contributed by atoms with Gasteiger partial charge < -0.3 is 18.5 Å². The second kappa shape index (κ2) is 12.8. The number of halogens is 2. The van der Waals surface area contributed by atoms with Crippen molar-refractivity contribution in [1.82, 2.24) is 5.43 Å². The van der Waals surface area contributed by atoms with Gasteiger partial charge in [-0.3, -0.25) is 9.36 Å². The van der Waals surface area contributed by atoms with Crippen LogP contribution < -0.4 is 14.9 Å². The third kappa shape index (κ3) is 8.11. The standard InChI is InChI=1S/C21H25Cl2N2O6P/c1-4-30-32(27,31-5-2)14-21(26)25-24-12-15-6-8-19(28-3)16(10-15)13-29-20-9-7-17(22)11-18(20)23/h6-12H,4-5,13-14H2,1-3H3,(H,25,26). The number of nitrogens with one attached hydrogen (secondary N) is 1. The quantitative estimate of drug-likeness (QED) is 0.240. The fourth-order valence-electron chi connectivity index (χ4n) is 2.65. The van der Waals surface area contributed by atoms with Gasteiger partial charge in [0.1, 0.15) is 24.3 Å². The number of nitrogens with zero attached hydrogens (tertiary/aromatic N) is 1. The van der Waals surface area contributed by atoms with E-state index in [-0.39, 0.29) is 19.8 Å². The Morgan fingerprint density at radius 2 is 1.78 bits per heavy atom. The van der Waals surface area contributed by atoms with Gasteiger partial charge in [0.25, 0.3) is 5.91 Å². The highest BCUT2D eigenvalue weighted by molar-refractivity contribution is 7.54. The van der Waals surface area contributed by atoms with Crippen molar-refractivity contribution in [3.8, 4) is 11.5 Å². The second-order valence-electron chi connectivity index (χ2n) is 6.33. The molecule has 8 nitrogen and oxygen atoms in total. The molecule has 0 atom stereocenters. The summed E-state index contributed by atoms with van der Waals surface area (Å²) in [4.78, 5) is 12.1. The number of carbonyl (C=O) groups excluding carboxylic acids is 1. The molecule has 174 valence electrons. The first kappa shape index (κ1) is 26.2. The zero-order valence-corrected chi connectivity index (χ0v) is 20.4. The van der Waals surface area contributed by atoms with Crippen LogP contribution >= 0.6 is 30.8 Å². The smallest absolute Gasteiger partial charge is 0.340 e. The molecule has 0 unspecified atom stereocenters. The number of rotatable bonds is 12. The van der Waals surface area contributed by atoms with Gasteiger partial charge in [-0.1, -0.05) is 23.2 Å². The summed E-state index contributed by atoms with van der Waals surface area (Å²) in [6, 6.07) is 10.3. The van der Waals surface area contributed by atoms with E-state index in [9.17, 15) is 9.36 Å². The van der Waals surface area contributed by atoms with E-state index >= 15 is 0 Å². The lowest BCUT2D eigenvalue weighted by atomic mass is 10.1. The molecule has 0 aliphatic heterocycles. The Balaban J connectivity index is 2.03. The van der Waals surface area contributed by atoms with Crippen LogP contribution in [0.4, 0.5) is 0 Å². The summed E-state index contributed by atoms with van der Waals surface area (Å²) < 4.78 is 33.8. The predicted octanol–water partition coefficient (Wildman–Crippen LogP) is 5.30. The molecule has 0 saturated carbocycles. The molecule has 0 radical (unpaired) electrons. The van der Waals surface area contributed by atoms with Gasteiger partial charge >= 0.3 is 7.60 Å². The van der Waals surface area contributed by atoms with Crippen LogP contribution in [0.3, 0.4) is 0 Å². The van der Waals surface area contributed by atoms with E-state index in [1.165, 1.54) is 6.21 Å². The molecule has 1 N–H and O–H groups in total. The van der Waals surface area contributed by atoms with Crippen molar-refractivity contribution in [3.63, 3.8) is 0 Å². The van der Waals surface area contributed by atoms with Crippen LogP contribution in [0.1, 0.15) is 25.0 Å². The zero-order chi connectivity index (χ0) is 23.6. The molecule has 2 rings (SSSR count). The summed E-state index contributed by atoms with van der Waals surface area (Å²) in [5.41, 5.74) is 3.75. The Hall–Kier alpha value is -2.09. The molecule has 0 aliphatic rings. The molecule has 0 aromatic heterocycles. The van der Waals surface area contributed by atoms with Gasteiger partial charge in [-0.25, -0.2) is 5.43 Å². The topological polar surface area (TPSA) is 95.5 Å². The first-order valence-electron chi connectivity index (χ1n) is 9.75. The highest BCUT2D eigenvalue weighted by Crippen LogP contribution is 2.47. The molecule has 0 aliphatic carbocycles. The number of ether oxygens (including phenoxy) is 2. The summed E-state index contributed by atoms with van der Waals surface area (Å²) in [5.74, 6) is 0.518. The zero-order valence-electron chi connectivity index (χ0n) is 18.0. The normalized spacial score (nSPS) is 11.5. The van der Waals surface area contributed by atoms with Crippen molar-refractivity contribution in [1.29, 1.82) is 0 Å². The van der Waals surface area contributed by atoms with Crippen LogP contribution in [0.15, 0.2) is 41.5 Å². The molecule has 11 heteroatoms. The van der Waals surface area contributed by atoms with Gasteiger partial charge in [0.15, 0.2) is 0 Å². The van der Waals surface area contributed by atoms with Gasteiger partial charge in [0.2, 0.25) is 0 Å². The molecule has 0 fully saturated rings. The van der Waals surface area contributed by atoms with Crippen LogP contribution in [0, 0.1) is 0 Å². The minimum absolute atomic E-state index is 0.172. The van der Waals surface area contributed by atoms with Crippen LogP contribution in [-0.4, -0.2) is 38.6 Å². The second-order valence-corrected chi connectivity index (χ2v) is 9.23. The molecule has 32 heavy (non-hydrogen) atoms. The van der Waals surface area contributed by atoms with Crippen molar-refractivity contribution < 1.29 is 27.9 Å². The van der Waals surface area contributed by atoms with Crippen LogP contribution in [0.5, 0.6) is 11.5 Å². The highest BCUT2D eigenvalue weighted by Gasteiger charge is 2.27. The van der Waals surface area contributed by atoms with Crippen molar-refractivity contribution in [2.24, 2.45) is 5.10 Å². The summed E-state index contributed by atoms with van der Waals surface area (Å²) >= 11 is 12.1. The third-order valence-corrected chi connectivity index (χ3v) is 6.48. The lowest BCUT2D eigenvalue weighted by Crippen LogP contribution is -2.22. The monoisotopic (exact) mass is 502 g/mol. The number of amides is 1. The number of methoxy groups -OCH3 is 1. The van der Waals surface area contributed by atoms with E-state index < -0.39 is 19.7 Å². The molecule has 0 spiro atoms. The van der Waals surface area contributed by atoms with E-state index in [0.717, 1.165) is 5.56 Å². The lowest BCUT2D eigenvalue weighted by molar-refractivity contribution is -0.118. The SMILES string of the molecule is CCOP(=O)(CC(=O)NN=Cc1ccc(OC)c(COc2ccc(Cl)cc2Cl)c1)OCC. The van der Waals surface area contributed by atoms with Gasteiger partial charge in [-0.15, -0.1) is 0 Å². The Morgan fingerprint density at radius 3 is 2.41 bits per heavy atom. The van der Waals surface area contributed by atoms with Crippen LogP contribution in [-0.2, 0) is 25.0 Å². The predicted molar refractivity (Wildman–Crippen MR) is 125 cm³/mol. The summed E-state index contributed by atoms with van der Waals surface area (Å²) in [6.45, 7) is 3.88. The maximum atomic E-state index is 12.4. The number of hydrogen-bond donors (Lipinski definition) is 1. The summed E-state index contributed by atoms with van der Waals surface area (Å²) in [6.07, 6.45) is 1.03. The minimum atomic E-state index is -3.49. The average molecular weight is 503 g/mol. The largest absolute Gasteiger partial charge is 0.496 e. The first-order chi connectivity index (χ1) is 15.3. The number of carbonyl (C=O) groups is 1. The van der Waals surface area contributed by atoms with E-state index in [2.05, 4.69) is 10.5 Å². The third-order valence-electron chi connectivity index (χ3n) is 3.97.